The van der Waals surface area contributed by atoms with Crippen molar-refractivity contribution in [3.63, 3.8) is 0 Å². The van der Waals surface area contributed by atoms with E-state index in [4.69, 9.17) is 16.2 Å². The summed E-state index contributed by atoms with van der Waals surface area (Å²) in [4.78, 5) is 18.5. The second-order valence-electron chi connectivity index (χ2n) is 5.45. The molecule has 0 aliphatic carbocycles. The van der Waals surface area contributed by atoms with Crippen LogP contribution in [0.2, 0.25) is 0 Å². The quantitative estimate of drug-likeness (QED) is 0.492. The first-order chi connectivity index (χ1) is 11.5. The van der Waals surface area contributed by atoms with Crippen LogP contribution in [0.1, 0.15) is 21.6 Å². The highest BCUT2D eigenvalue weighted by atomic mass is 35.5. The number of ether oxygens (including phenoxy) is 1. The van der Waals surface area contributed by atoms with E-state index in [-0.39, 0.29) is 18.4 Å². The van der Waals surface area contributed by atoms with E-state index in [1.165, 1.54) is 0 Å². The lowest BCUT2D eigenvalue weighted by Crippen LogP contribution is -2.24. The summed E-state index contributed by atoms with van der Waals surface area (Å²) in [6.45, 7) is 2.43. The third kappa shape index (κ3) is 4.10. The van der Waals surface area contributed by atoms with E-state index >= 15 is 0 Å². The summed E-state index contributed by atoms with van der Waals surface area (Å²) in [5, 5.41) is 0.898. The maximum atomic E-state index is 11.9. The van der Waals surface area contributed by atoms with Gasteiger partial charge in [-0.1, -0.05) is 30.3 Å². The number of fused-ring (bicyclic) bond motifs is 1. The molecule has 0 aliphatic heterocycles. The van der Waals surface area contributed by atoms with Gasteiger partial charge in [-0.15, -0.1) is 12.4 Å². The van der Waals surface area contributed by atoms with Gasteiger partial charge >= 0.3 is 0 Å². The van der Waals surface area contributed by atoms with Crippen LogP contribution < -0.4 is 16.2 Å². The van der Waals surface area contributed by atoms with E-state index in [1.807, 2.05) is 49.4 Å². The minimum Gasteiger partial charge on any atom is -0.489 e. The van der Waals surface area contributed by atoms with Gasteiger partial charge in [-0.2, -0.15) is 4.99 Å². The van der Waals surface area contributed by atoms with E-state index in [9.17, 15) is 4.79 Å². The molecule has 0 unspecified atom stereocenters. The van der Waals surface area contributed by atoms with E-state index in [2.05, 4.69) is 9.98 Å². The van der Waals surface area contributed by atoms with Gasteiger partial charge in [0.1, 0.15) is 18.1 Å². The Morgan fingerprint density at radius 2 is 1.88 bits per heavy atom. The van der Waals surface area contributed by atoms with E-state index in [1.54, 1.807) is 6.07 Å². The zero-order valence-electron chi connectivity index (χ0n) is 13.7. The highest BCUT2D eigenvalue weighted by molar-refractivity contribution is 6.04. The lowest BCUT2D eigenvalue weighted by atomic mass is 10.1. The molecule has 0 bridgehead atoms. The van der Waals surface area contributed by atoms with Crippen LogP contribution >= 0.6 is 12.4 Å². The second-order valence-corrected chi connectivity index (χ2v) is 5.45. The number of nitrogens with zero attached hydrogens (tertiary/aromatic N) is 1. The molecular formula is C18H19ClN4O2. The van der Waals surface area contributed by atoms with Gasteiger partial charge in [0, 0.05) is 16.5 Å². The number of H-pyrrole nitrogens is 1. The van der Waals surface area contributed by atoms with Gasteiger partial charge in [-0.3, -0.25) is 4.79 Å². The average molecular weight is 359 g/mol. The standard InChI is InChI=1S/C18H18N4O2.ClH/c1-11-13-9-15(17(23)22-18(19)20)21-14(13)7-8-16(11)24-10-12-5-3-2-4-6-12;/h2-9,21H,10H2,1H3,(H4,19,20,22,23);1H. The molecule has 3 rings (SSSR count). The number of aromatic amines is 1. The Morgan fingerprint density at radius 3 is 2.56 bits per heavy atom. The lowest BCUT2D eigenvalue weighted by Gasteiger charge is -2.09. The molecule has 1 aromatic heterocycles. The largest absolute Gasteiger partial charge is 0.489 e. The van der Waals surface area contributed by atoms with Gasteiger partial charge in [0.15, 0.2) is 5.96 Å². The minimum atomic E-state index is -0.502. The number of hydrogen-bond donors (Lipinski definition) is 3. The Kier molecular flexibility index (Phi) is 5.67. The van der Waals surface area contributed by atoms with Crippen molar-refractivity contribution in [1.82, 2.24) is 4.98 Å². The topological polar surface area (TPSA) is 106 Å². The summed E-state index contributed by atoms with van der Waals surface area (Å²) in [6, 6.07) is 15.4. The van der Waals surface area contributed by atoms with E-state index in [0.29, 0.717) is 12.3 Å². The third-order valence-electron chi connectivity index (χ3n) is 3.72. The summed E-state index contributed by atoms with van der Waals surface area (Å²) >= 11 is 0. The smallest absolute Gasteiger partial charge is 0.296 e. The Balaban J connectivity index is 0.00000225. The number of aromatic nitrogens is 1. The van der Waals surface area contributed by atoms with Gasteiger partial charge < -0.3 is 21.2 Å². The van der Waals surface area contributed by atoms with Crippen LogP contribution in [0.5, 0.6) is 5.75 Å². The number of carbonyl (C=O) groups excluding carboxylic acids is 1. The van der Waals surface area contributed by atoms with Gasteiger partial charge in [0.05, 0.1) is 0 Å². The number of carbonyl (C=O) groups is 1. The fraction of sp³-hybridized carbons (Fsp3) is 0.111. The number of nitrogens with two attached hydrogens (primary N) is 2. The van der Waals surface area contributed by atoms with Gasteiger partial charge in [-0.05, 0) is 30.7 Å². The third-order valence-corrected chi connectivity index (χ3v) is 3.72. The minimum absolute atomic E-state index is 0. The van der Waals surface area contributed by atoms with Crippen molar-refractivity contribution in [2.24, 2.45) is 16.5 Å². The Labute approximate surface area is 151 Å². The molecule has 1 amide bonds. The van der Waals surface area contributed by atoms with Crippen LogP contribution in [0, 0.1) is 6.92 Å². The summed E-state index contributed by atoms with van der Waals surface area (Å²) < 4.78 is 5.90. The predicted octanol–water partition coefficient (Wildman–Crippen LogP) is 2.89. The number of halogens is 1. The molecule has 7 heteroatoms. The van der Waals surface area contributed by atoms with Crippen molar-refractivity contribution >= 4 is 35.2 Å². The van der Waals surface area contributed by atoms with Crippen molar-refractivity contribution in [3.8, 4) is 5.75 Å². The van der Waals surface area contributed by atoms with Gasteiger partial charge in [0.2, 0.25) is 0 Å². The Bertz CT molecular complexity index is 915. The summed E-state index contributed by atoms with van der Waals surface area (Å²) in [5.74, 6) is 0.00538. The van der Waals surface area contributed by atoms with Crippen LogP contribution in [-0.4, -0.2) is 16.9 Å². The number of benzene rings is 2. The number of hydrogen-bond acceptors (Lipinski definition) is 2. The molecular weight excluding hydrogens is 340 g/mol. The number of nitrogens with one attached hydrogen (secondary N) is 1. The van der Waals surface area contributed by atoms with Gasteiger partial charge in [-0.25, -0.2) is 0 Å². The molecule has 0 saturated carbocycles. The number of aliphatic imine (C=N–C) groups is 1. The Hall–Kier alpha value is -2.99. The summed E-state index contributed by atoms with van der Waals surface area (Å²) in [6.07, 6.45) is 0. The second kappa shape index (κ2) is 7.72. The molecule has 0 fully saturated rings. The van der Waals surface area contributed by atoms with Crippen LogP contribution in [0.25, 0.3) is 10.9 Å². The number of rotatable bonds is 4. The maximum Gasteiger partial charge on any atom is 0.296 e. The van der Waals surface area contributed by atoms with E-state index < -0.39 is 5.91 Å². The molecule has 6 nitrogen and oxygen atoms in total. The zero-order valence-corrected chi connectivity index (χ0v) is 14.5. The zero-order chi connectivity index (χ0) is 17.1. The number of guanidine groups is 1. The van der Waals surface area contributed by atoms with Crippen molar-refractivity contribution in [2.45, 2.75) is 13.5 Å². The molecule has 3 aromatic rings. The lowest BCUT2D eigenvalue weighted by molar-refractivity contribution is 0.0999. The molecule has 130 valence electrons. The monoisotopic (exact) mass is 358 g/mol. The first-order valence-corrected chi connectivity index (χ1v) is 7.47. The molecule has 2 aromatic carbocycles. The Morgan fingerprint density at radius 1 is 1.16 bits per heavy atom. The molecule has 25 heavy (non-hydrogen) atoms. The highest BCUT2D eigenvalue weighted by Crippen LogP contribution is 2.28. The molecule has 1 heterocycles. The molecule has 0 radical (unpaired) electrons. The maximum absolute atomic E-state index is 11.9. The van der Waals surface area contributed by atoms with Gasteiger partial charge in [0.25, 0.3) is 5.91 Å². The molecule has 0 spiro atoms. The number of aryl methyl sites for hydroxylation is 1. The molecule has 0 saturated heterocycles. The predicted molar refractivity (Wildman–Crippen MR) is 101 cm³/mol. The van der Waals surface area contributed by atoms with Crippen LogP contribution in [0.15, 0.2) is 53.5 Å². The van der Waals surface area contributed by atoms with Crippen molar-refractivity contribution in [3.05, 3.63) is 65.4 Å². The first kappa shape index (κ1) is 18.4. The SMILES string of the molecule is Cc1c(OCc2ccccc2)ccc2[nH]c(C(=O)N=C(N)N)cc12.Cl. The normalized spacial score (nSPS) is 10.1. The van der Waals surface area contributed by atoms with Crippen LogP contribution in [0.3, 0.4) is 0 Å². The fourth-order valence-corrected chi connectivity index (χ4v) is 2.51. The summed E-state index contributed by atoms with van der Waals surface area (Å²) in [7, 11) is 0. The van der Waals surface area contributed by atoms with Crippen LogP contribution in [-0.2, 0) is 6.61 Å². The summed E-state index contributed by atoms with van der Waals surface area (Å²) in [5.41, 5.74) is 13.7. The molecule has 0 aliphatic rings. The van der Waals surface area contributed by atoms with Crippen molar-refractivity contribution in [2.75, 3.05) is 0 Å². The first-order valence-electron chi connectivity index (χ1n) is 7.47. The average Bonchev–Trinajstić information content (AvgIpc) is 3.00. The highest BCUT2D eigenvalue weighted by Gasteiger charge is 2.12. The number of amides is 1. The molecule has 5 N–H and O–H groups in total. The van der Waals surface area contributed by atoms with Crippen molar-refractivity contribution < 1.29 is 9.53 Å². The van der Waals surface area contributed by atoms with Crippen molar-refractivity contribution in [1.29, 1.82) is 0 Å². The van der Waals surface area contributed by atoms with E-state index in [0.717, 1.165) is 27.8 Å². The molecule has 0 atom stereocenters. The fourth-order valence-electron chi connectivity index (χ4n) is 2.51. The van der Waals surface area contributed by atoms with Crippen LogP contribution in [0.4, 0.5) is 0 Å².